The Morgan fingerprint density at radius 2 is 1.56 bits per heavy atom. The summed E-state index contributed by atoms with van der Waals surface area (Å²) in [5, 5.41) is 14.2. The van der Waals surface area contributed by atoms with Crippen molar-refractivity contribution in [2.75, 3.05) is 7.11 Å². The van der Waals surface area contributed by atoms with E-state index in [2.05, 4.69) is 10.6 Å². The summed E-state index contributed by atoms with van der Waals surface area (Å²) in [6.07, 6.45) is -0.520. The van der Waals surface area contributed by atoms with Gasteiger partial charge in [0.15, 0.2) is 0 Å². The van der Waals surface area contributed by atoms with Gasteiger partial charge in [-0.3, -0.25) is 4.79 Å². The number of methoxy groups -OCH3 is 1. The Bertz CT molecular complexity index is 928. The van der Waals surface area contributed by atoms with Crippen molar-refractivity contribution in [3.63, 3.8) is 0 Å². The highest BCUT2D eigenvalue weighted by molar-refractivity contribution is 5.90. The highest BCUT2D eigenvalue weighted by atomic mass is 16.5. The number of nitrogens with one attached hydrogen (secondary N) is 2. The summed E-state index contributed by atoms with van der Waals surface area (Å²) < 4.78 is 10.0. The van der Waals surface area contributed by atoms with Crippen molar-refractivity contribution in [1.82, 2.24) is 10.6 Å². The first-order valence-corrected chi connectivity index (χ1v) is 10.2. The van der Waals surface area contributed by atoms with E-state index in [0.29, 0.717) is 0 Å². The van der Waals surface area contributed by atoms with Gasteiger partial charge in [-0.2, -0.15) is 5.26 Å². The van der Waals surface area contributed by atoms with E-state index in [-0.39, 0.29) is 19.4 Å². The van der Waals surface area contributed by atoms with E-state index in [9.17, 15) is 14.4 Å². The second-order valence-electron chi connectivity index (χ2n) is 7.30. The molecule has 0 unspecified atom stereocenters. The van der Waals surface area contributed by atoms with E-state index in [1.165, 1.54) is 7.11 Å². The highest BCUT2D eigenvalue weighted by Gasteiger charge is 2.31. The molecule has 8 nitrogen and oxygen atoms in total. The van der Waals surface area contributed by atoms with Gasteiger partial charge in [-0.25, -0.2) is 9.59 Å². The van der Waals surface area contributed by atoms with Crippen molar-refractivity contribution in [1.29, 1.82) is 5.26 Å². The van der Waals surface area contributed by atoms with Crippen molar-refractivity contribution in [2.45, 2.75) is 38.5 Å². The van der Waals surface area contributed by atoms with Crippen LogP contribution in [0, 0.1) is 17.2 Å². The molecule has 2 rings (SSSR count). The highest BCUT2D eigenvalue weighted by Crippen LogP contribution is 2.11. The Morgan fingerprint density at radius 3 is 2.12 bits per heavy atom. The fraction of sp³-hybridized carbons (Fsp3) is 0.333. The molecule has 0 aliphatic carbocycles. The molecule has 32 heavy (non-hydrogen) atoms. The van der Waals surface area contributed by atoms with Crippen LogP contribution in [-0.4, -0.2) is 37.2 Å². The van der Waals surface area contributed by atoms with E-state index in [1.807, 2.05) is 66.7 Å². The minimum Gasteiger partial charge on any atom is -0.467 e. The van der Waals surface area contributed by atoms with E-state index < -0.39 is 36.0 Å². The van der Waals surface area contributed by atoms with Crippen LogP contribution >= 0.6 is 0 Å². The Morgan fingerprint density at radius 1 is 0.969 bits per heavy atom. The molecule has 8 heteroatoms. The average Bonchev–Trinajstić information content (AvgIpc) is 2.81. The van der Waals surface area contributed by atoms with Crippen molar-refractivity contribution in [3.8, 4) is 6.07 Å². The smallest absolute Gasteiger partial charge is 0.408 e. The number of benzene rings is 2. The van der Waals surface area contributed by atoms with Crippen LogP contribution in [0.25, 0.3) is 0 Å². The predicted octanol–water partition coefficient (Wildman–Crippen LogP) is 2.73. The van der Waals surface area contributed by atoms with Crippen LogP contribution in [-0.2, 0) is 32.1 Å². The number of hydrogen-bond donors (Lipinski definition) is 2. The molecular weight excluding hydrogens is 410 g/mol. The summed E-state index contributed by atoms with van der Waals surface area (Å²) in [6.45, 7) is 1.72. The zero-order chi connectivity index (χ0) is 23.3. The van der Waals surface area contributed by atoms with Gasteiger partial charge in [-0.1, -0.05) is 67.6 Å². The van der Waals surface area contributed by atoms with Crippen LogP contribution < -0.4 is 10.6 Å². The number of hydrogen-bond acceptors (Lipinski definition) is 6. The third kappa shape index (κ3) is 7.76. The molecule has 0 saturated heterocycles. The summed E-state index contributed by atoms with van der Waals surface area (Å²) in [7, 11) is 1.21. The first-order chi connectivity index (χ1) is 15.4. The fourth-order valence-electron chi connectivity index (χ4n) is 3.04. The maximum Gasteiger partial charge on any atom is 0.408 e. The maximum atomic E-state index is 13.0. The summed E-state index contributed by atoms with van der Waals surface area (Å²) in [5.74, 6) is -1.71. The van der Waals surface area contributed by atoms with Gasteiger partial charge in [0.1, 0.15) is 18.7 Å². The molecular formula is C24H27N3O5. The lowest BCUT2D eigenvalue weighted by Gasteiger charge is -2.25. The average molecular weight is 437 g/mol. The number of nitriles is 1. The SMILES string of the molecule is COC(=O)[C@H](NC(=O)[C@H](Cc1ccccc1)NC(=O)OCc1ccccc1)[C@H](C)CC#N. The van der Waals surface area contributed by atoms with Crippen LogP contribution in [0.1, 0.15) is 24.5 Å². The van der Waals surface area contributed by atoms with Crippen molar-refractivity contribution < 1.29 is 23.9 Å². The summed E-state index contributed by atoms with van der Waals surface area (Å²) in [6, 6.07) is 18.3. The Kier molecular flexibility index (Phi) is 9.72. The van der Waals surface area contributed by atoms with E-state index >= 15 is 0 Å². The number of carbonyl (C=O) groups is 3. The molecule has 0 saturated carbocycles. The van der Waals surface area contributed by atoms with Gasteiger partial charge in [-0.05, 0) is 11.1 Å². The molecule has 2 aromatic rings. The van der Waals surface area contributed by atoms with Gasteiger partial charge < -0.3 is 20.1 Å². The minimum absolute atomic E-state index is 0.0515. The number of ether oxygens (including phenoxy) is 2. The van der Waals surface area contributed by atoms with Crippen LogP contribution in [0.5, 0.6) is 0 Å². The minimum atomic E-state index is -1.02. The molecule has 2 N–H and O–H groups in total. The van der Waals surface area contributed by atoms with Crippen LogP contribution in [0.2, 0.25) is 0 Å². The molecule has 0 spiro atoms. The Labute approximate surface area is 187 Å². The molecule has 0 heterocycles. The topological polar surface area (TPSA) is 118 Å². The van der Waals surface area contributed by atoms with Gasteiger partial charge in [0, 0.05) is 18.8 Å². The molecule has 0 fully saturated rings. The number of alkyl carbamates (subject to hydrolysis) is 1. The van der Waals surface area contributed by atoms with Gasteiger partial charge in [0.05, 0.1) is 13.2 Å². The van der Waals surface area contributed by atoms with Crippen molar-refractivity contribution >= 4 is 18.0 Å². The maximum absolute atomic E-state index is 13.0. The molecule has 168 valence electrons. The largest absolute Gasteiger partial charge is 0.467 e. The zero-order valence-electron chi connectivity index (χ0n) is 18.1. The molecule has 0 aliphatic heterocycles. The lowest BCUT2D eigenvalue weighted by Crippen LogP contribution is -2.54. The van der Waals surface area contributed by atoms with E-state index in [1.54, 1.807) is 6.92 Å². The predicted molar refractivity (Wildman–Crippen MR) is 117 cm³/mol. The number of esters is 1. The first-order valence-electron chi connectivity index (χ1n) is 10.2. The second kappa shape index (κ2) is 12.7. The fourth-order valence-corrected chi connectivity index (χ4v) is 3.04. The molecule has 0 aliphatic rings. The molecule has 2 aromatic carbocycles. The quantitative estimate of drug-likeness (QED) is 0.552. The second-order valence-corrected chi connectivity index (χ2v) is 7.30. The molecule has 0 aromatic heterocycles. The lowest BCUT2D eigenvalue weighted by atomic mass is 9.98. The number of carbonyl (C=O) groups excluding carboxylic acids is 3. The van der Waals surface area contributed by atoms with Crippen LogP contribution in [0.4, 0.5) is 4.79 Å². The normalized spacial score (nSPS) is 13.0. The Hall–Kier alpha value is -3.86. The van der Waals surface area contributed by atoms with Gasteiger partial charge in [0.25, 0.3) is 0 Å². The standard InChI is InChI=1S/C24H27N3O5/c1-17(13-14-25)21(23(29)31-2)27-22(28)20(15-18-9-5-3-6-10-18)26-24(30)32-16-19-11-7-4-8-12-19/h3-12,17,20-21H,13,15-16H2,1-2H3,(H,26,30)(H,27,28)/t17-,20+,21-/m1/s1. The summed E-state index contributed by atoms with van der Waals surface area (Å²) in [5.41, 5.74) is 1.62. The third-order valence-corrected chi connectivity index (χ3v) is 4.84. The third-order valence-electron chi connectivity index (χ3n) is 4.84. The Balaban J connectivity index is 2.11. The van der Waals surface area contributed by atoms with Crippen LogP contribution in [0.3, 0.4) is 0 Å². The monoisotopic (exact) mass is 437 g/mol. The molecule has 3 atom stereocenters. The van der Waals surface area contributed by atoms with Gasteiger partial charge in [0.2, 0.25) is 5.91 Å². The van der Waals surface area contributed by atoms with Crippen LogP contribution in [0.15, 0.2) is 60.7 Å². The first kappa shape index (κ1) is 24.4. The van der Waals surface area contributed by atoms with Gasteiger partial charge >= 0.3 is 12.1 Å². The van der Waals surface area contributed by atoms with Crippen molar-refractivity contribution in [3.05, 3.63) is 71.8 Å². The summed E-state index contributed by atoms with van der Waals surface area (Å²) >= 11 is 0. The molecule has 2 amide bonds. The number of amides is 2. The summed E-state index contributed by atoms with van der Waals surface area (Å²) in [4.78, 5) is 37.6. The molecule has 0 bridgehead atoms. The lowest BCUT2D eigenvalue weighted by molar-refractivity contribution is -0.146. The zero-order valence-corrected chi connectivity index (χ0v) is 18.1. The number of rotatable bonds is 10. The van der Waals surface area contributed by atoms with E-state index in [0.717, 1.165) is 11.1 Å². The van der Waals surface area contributed by atoms with Gasteiger partial charge in [-0.15, -0.1) is 0 Å². The van der Waals surface area contributed by atoms with E-state index in [4.69, 9.17) is 14.7 Å². The number of nitrogens with zero attached hydrogens (tertiary/aromatic N) is 1. The molecule has 0 radical (unpaired) electrons. The van der Waals surface area contributed by atoms with Crippen molar-refractivity contribution in [2.24, 2.45) is 5.92 Å².